The number of hydrogen-bond acceptors (Lipinski definition) is 3. The first kappa shape index (κ1) is 10.9. The smallest absolute Gasteiger partial charge is 0.127 e. The number of aromatic nitrogens is 1. The zero-order valence-electron chi connectivity index (χ0n) is 7.75. The van der Waals surface area contributed by atoms with Crippen LogP contribution in [0.4, 0.5) is 5.82 Å². The Hall–Kier alpha value is -0.220. The van der Waals surface area contributed by atoms with Crippen molar-refractivity contribution in [3.63, 3.8) is 0 Å². The van der Waals surface area contributed by atoms with Gasteiger partial charge >= 0.3 is 0 Å². The molecule has 0 saturated carbocycles. The Morgan fingerprint density at radius 3 is 3.00 bits per heavy atom. The number of pyridine rings is 1. The highest BCUT2D eigenvalue weighted by molar-refractivity contribution is 9.10. The first-order valence-electron chi connectivity index (χ1n) is 4.11. The van der Waals surface area contributed by atoms with Crippen LogP contribution in [0.3, 0.4) is 0 Å². The molecule has 0 aromatic carbocycles. The van der Waals surface area contributed by atoms with E-state index in [9.17, 15) is 0 Å². The Labute approximate surface area is 91.7 Å². The van der Waals surface area contributed by atoms with Crippen LogP contribution in [0.25, 0.3) is 0 Å². The average Bonchev–Trinajstić information content (AvgIpc) is 2.14. The van der Waals surface area contributed by atoms with Gasteiger partial charge in [0.05, 0.1) is 0 Å². The van der Waals surface area contributed by atoms with Gasteiger partial charge in [-0.2, -0.15) is 11.8 Å². The summed E-state index contributed by atoms with van der Waals surface area (Å²) in [5, 5.41) is 3.89. The van der Waals surface area contributed by atoms with Crippen LogP contribution in [0.15, 0.2) is 22.8 Å². The molecule has 0 bridgehead atoms. The van der Waals surface area contributed by atoms with Gasteiger partial charge in [-0.3, -0.25) is 0 Å². The number of hydrogen-bond donors (Lipinski definition) is 1. The molecule has 1 atom stereocenters. The third-order valence-corrected chi connectivity index (χ3v) is 3.10. The lowest BCUT2D eigenvalue weighted by molar-refractivity contribution is 0.990. The van der Waals surface area contributed by atoms with Crippen molar-refractivity contribution in [1.29, 1.82) is 0 Å². The molecule has 1 heterocycles. The van der Waals surface area contributed by atoms with E-state index >= 15 is 0 Å². The van der Waals surface area contributed by atoms with Gasteiger partial charge in [-0.15, -0.1) is 0 Å². The summed E-state index contributed by atoms with van der Waals surface area (Å²) in [5.41, 5.74) is 0. The summed E-state index contributed by atoms with van der Waals surface area (Å²) in [6, 6.07) is 5.87. The highest BCUT2D eigenvalue weighted by Gasteiger charge is 1.99. The molecule has 1 unspecified atom stereocenters. The van der Waals surface area contributed by atoms with Crippen LogP contribution in [0.2, 0.25) is 0 Å². The zero-order chi connectivity index (χ0) is 9.68. The molecule has 2 nitrogen and oxygen atoms in total. The van der Waals surface area contributed by atoms with Crippen molar-refractivity contribution in [2.24, 2.45) is 0 Å². The molecule has 72 valence electrons. The van der Waals surface area contributed by atoms with Gasteiger partial charge in [0.15, 0.2) is 0 Å². The van der Waals surface area contributed by atoms with Crippen molar-refractivity contribution >= 4 is 33.5 Å². The normalized spacial score (nSPS) is 12.5. The fourth-order valence-corrected chi connectivity index (χ4v) is 1.43. The molecule has 0 saturated heterocycles. The van der Waals surface area contributed by atoms with Gasteiger partial charge in [-0.1, -0.05) is 13.0 Å². The summed E-state index contributed by atoms with van der Waals surface area (Å²) in [4.78, 5) is 4.28. The second-order valence-corrected chi connectivity index (χ2v) is 4.86. The van der Waals surface area contributed by atoms with Crippen molar-refractivity contribution in [2.45, 2.75) is 12.2 Å². The van der Waals surface area contributed by atoms with E-state index < -0.39 is 0 Å². The molecule has 1 aromatic heterocycles. The Morgan fingerprint density at radius 1 is 1.62 bits per heavy atom. The summed E-state index contributed by atoms with van der Waals surface area (Å²) in [6.07, 6.45) is 2.11. The number of thioether (sulfide) groups is 1. The average molecular weight is 261 g/mol. The monoisotopic (exact) mass is 260 g/mol. The minimum absolute atomic E-state index is 0.612. The van der Waals surface area contributed by atoms with Crippen molar-refractivity contribution in [2.75, 3.05) is 18.1 Å². The predicted octanol–water partition coefficient (Wildman–Crippen LogP) is 3.01. The topological polar surface area (TPSA) is 24.9 Å². The fraction of sp³-hybridized carbons (Fsp3) is 0.444. The van der Waals surface area contributed by atoms with E-state index in [0.29, 0.717) is 5.25 Å². The maximum Gasteiger partial charge on any atom is 0.127 e. The molecule has 1 rings (SSSR count). The second-order valence-electron chi connectivity index (χ2n) is 2.77. The van der Waals surface area contributed by atoms with Crippen LogP contribution in [0.5, 0.6) is 0 Å². The van der Waals surface area contributed by atoms with E-state index in [-0.39, 0.29) is 0 Å². The fourth-order valence-electron chi connectivity index (χ4n) is 0.838. The molecule has 0 fully saturated rings. The first-order chi connectivity index (χ1) is 6.22. The SMILES string of the molecule is CSC(C)CNc1cccc(Br)n1. The highest BCUT2D eigenvalue weighted by Crippen LogP contribution is 2.11. The number of rotatable bonds is 4. The number of nitrogens with zero attached hydrogens (tertiary/aromatic N) is 1. The van der Waals surface area contributed by atoms with Gasteiger partial charge < -0.3 is 5.32 Å². The summed E-state index contributed by atoms with van der Waals surface area (Å²) < 4.78 is 0.870. The summed E-state index contributed by atoms with van der Waals surface area (Å²) in [5.74, 6) is 0.926. The number of nitrogens with one attached hydrogen (secondary N) is 1. The molecule has 0 aliphatic carbocycles. The van der Waals surface area contributed by atoms with Gasteiger partial charge in [-0.05, 0) is 34.3 Å². The lowest BCUT2D eigenvalue weighted by Gasteiger charge is -2.09. The molecule has 1 N–H and O–H groups in total. The van der Waals surface area contributed by atoms with Crippen molar-refractivity contribution in [3.05, 3.63) is 22.8 Å². The molecule has 0 radical (unpaired) electrons. The van der Waals surface area contributed by atoms with Crippen LogP contribution in [0.1, 0.15) is 6.92 Å². The second kappa shape index (κ2) is 5.50. The Balaban J connectivity index is 2.45. The Bertz CT molecular complexity index is 268. The highest BCUT2D eigenvalue weighted by atomic mass is 79.9. The van der Waals surface area contributed by atoms with Gasteiger partial charge in [0, 0.05) is 11.8 Å². The zero-order valence-corrected chi connectivity index (χ0v) is 10.2. The number of anilines is 1. The molecule has 4 heteroatoms. The van der Waals surface area contributed by atoms with Gasteiger partial charge in [0.1, 0.15) is 10.4 Å². The molecular weight excluding hydrogens is 248 g/mol. The van der Waals surface area contributed by atoms with Gasteiger partial charge in [-0.25, -0.2) is 4.98 Å². The summed E-state index contributed by atoms with van der Waals surface area (Å²) >= 11 is 5.18. The summed E-state index contributed by atoms with van der Waals surface area (Å²) in [7, 11) is 0. The first-order valence-corrected chi connectivity index (χ1v) is 6.19. The maximum atomic E-state index is 4.28. The Kier molecular flexibility index (Phi) is 4.59. The van der Waals surface area contributed by atoms with E-state index in [0.717, 1.165) is 17.0 Å². The molecular formula is C9H13BrN2S. The summed E-state index contributed by atoms with van der Waals surface area (Å²) in [6.45, 7) is 3.14. The maximum absolute atomic E-state index is 4.28. The van der Waals surface area contributed by atoms with E-state index in [1.54, 1.807) is 0 Å². The molecule has 1 aromatic rings. The third-order valence-electron chi connectivity index (χ3n) is 1.69. The minimum atomic E-state index is 0.612. The molecule has 0 amide bonds. The molecule has 0 aliphatic rings. The largest absolute Gasteiger partial charge is 0.369 e. The van der Waals surface area contributed by atoms with Crippen LogP contribution < -0.4 is 5.32 Å². The molecule has 0 aliphatic heterocycles. The van der Waals surface area contributed by atoms with E-state index in [1.165, 1.54) is 0 Å². The lowest BCUT2D eigenvalue weighted by Crippen LogP contribution is -2.13. The quantitative estimate of drug-likeness (QED) is 0.843. The van der Waals surface area contributed by atoms with Gasteiger partial charge in [0.25, 0.3) is 0 Å². The van der Waals surface area contributed by atoms with Crippen LogP contribution in [-0.4, -0.2) is 23.0 Å². The van der Waals surface area contributed by atoms with E-state index in [4.69, 9.17) is 0 Å². The number of halogens is 1. The van der Waals surface area contributed by atoms with Crippen LogP contribution >= 0.6 is 27.7 Å². The minimum Gasteiger partial charge on any atom is -0.369 e. The van der Waals surface area contributed by atoms with Crippen molar-refractivity contribution in [1.82, 2.24) is 4.98 Å². The van der Waals surface area contributed by atoms with E-state index in [2.05, 4.69) is 39.4 Å². The Morgan fingerprint density at radius 2 is 2.38 bits per heavy atom. The van der Waals surface area contributed by atoms with Crippen molar-refractivity contribution in [3.8, 4) is 0 Å². The van der Waals surface area contributed by atoms with Crippen LogP contribution in [0, 0.1) is 0 Å². The molecule has 13 heavy (non-hydrogen) atoms. The molecule has 0 spiro atoms. The van der Waals surface area contributed by atoms with Gasteiger partial charge in [0.2, 0.25) is 0 Å². The van der Waals surface area contributed by atoms with Crippen LogP contribution in [-0.2, 0) is 0 Å². The predicted molar refractivity (Wildman–Crippen MR) is 63.4 cm³/mol. The van der Waals surface area contributed by atoms with Crippen molar-refractivity contribution < 1.29 is 0 Å². The third kappa shape index (κ3) is 4.00. The lowest BCUT2D eigenvalue weighted by atomic mass is 10.4. The standard InChI is InChI=1S/C9H13BrN2S/c1-7(13-2)6-11-9-5-3-4-8(10)12-9/h3-5,7H,6H2,1-2H3,(H,11,12). The van der Waals surface area contributed by atoms with E-state index in [1.807, 2.05) is 30.0 Å².